The highest BCUT2D eigenvalue weighted by atomic mass is 16.6. The van der Waals surface area contributed by atoms with E-state index in [2.05, 4.69) is 15.6 Å². The molecule has 21 heavy (non-hydrogen) atoms. The van der Waals surface area contributed by atoms with Crippen molar-refractivity contribution in [2.45, 2.75) is 45.1 Å². The van der Waals surface area contributed by atoms with E-state index in [1.165, 1.54) is 6.07 Å². The Bertz CT molecular complexity index is 550. The molecule has 1 fully saturated rings. The van der Waals surface area contributed by atoms with Crippen molar-refractivity contribution >= 4 is 17.4 Å². The van der Waals surface area contributed by atoms with Crippen LogP contribution in [0.5, 0.6) is 0 Å². The molecule has 1 aromatic heterocycles. The number of hydrogen-bond donors (Lipinski definition) is 2. The summed E-state index contributed by atoms with van der Waals surface area (Å²) in [4.78, 5) is 26.9. The molecule has 2 rings (SSSR count). The third kappa shape index (κ3) is 3.12. The van der Waals surface area contributed by atoms with Gasteiger partial charge in [0.1, 0.15) is 17.6 Å². The number of nitrogens with zero attached hydrogens (tertiary/aromatic N) is 2. The van der Waals surface area contributed by atoms with Gasteiger partial charge < -0.3 is 10.6 Å². The first-order valence-corrected chi connectivity index (χ1v) is 7.22. The lowest BCUT2D eigenvalue weighted by molar-refractivity contribution is -0.385. The summed E-state index contributed by atoms with van der Waals surface area (Å²) < 4.78 is 0. The van der Waals surface area contributed by atoms with Crippen molar-refractivity contribution < 1.29 is 9.72 Å². The van der Waals surface area contributed by atoms with E-state index >= 15 is 0 Å². The molecule has 0 saturated heterocycles. The molecule has 1 amide bonds. The normalized spacial score (nSPS) is 15.9. The minimum atomic E-state index is -0.572. The summed E-state index contributed by atoms with van der Waals surface area (Å²) in [5, 5.41) is 17.0. The minimum Gasteiger partial charge on any atom is -0.370 e. The molecule has 114 valence electrons. The average molecular weight is 292 g/mol. The second kappa shape index (κ2) is 6.07. The molecule has 0 bridgehead atoms. The zero-order valence-corrected chi connectivity index (χ0v) is 12.3. The Kier molecular flexibility index (Phi) is 4.40. The predicted octanol–water partition coefficient (Wildman–Crippen LogP) is 2.48. The molecule has 0 unspecified atom stereocenters. The number of carbonyl (C=O) groups is 1. The number of aromatic nitrogens is 1. The number of nitrogens with one attached hydrogen (secondary N) is 2. The van der Waals surface area contributed by atoms with Gasteiger partial charge in [-0.2, -0.15) is 0 Å². The maximum atomic E-state index is 12.4. The Hall–Kier alpha value is -2.18. The summed E-state index contributed by atoms with van der Waals surface area (Å²) in [6, 6.07) is 1.44. The lowest BCUT2D eigenvalue weighted by Gasteiger charge is -2.41. The summed E-state index contributed by atoms with van der Waals surface area (Å²) >= 11 is 0. The first kappa shape index (κ1) is 15.2. The largest absolute Gasteiger partial charge is 0.370 e. The summed E-state index contributed by atoms with van der Waals surface area (Å²) in [5.74, 6) is 0.0669. The van der Waals surface area contributed by atoms with Gasteiger partial charge in [0.25, 0.3) is 11.6 Å². The van der Waals surface area contributed by atoms with Gasteiger partial charge >= 0.3 is 0 Å². The molecule has 0 aliphatic heterocycles. The molecule has 0 aromatic carbocycles. The molecule has 7 heteroatoms. The average Bonchev–Trinajstić information content (AvgIpc) is 2.42. The highest BCUT2D eigenvalue weighted by Gasteiger charge is 2.37. The van der Waals surface area contributed by atoms with Crippen molar-refractivity contribution in [3.63, 3.8) is 0 Å². The summed E-state index contributed by atoms with van der Waals surface area (Å²) in [6.07, 6.45) is 4.89. The maximum absolute atomic E-state index is 12.4. The van der Waals surface area contributed by atoms with Crippen LogP contribution in [-0.2, 0) is 0 Å². The van der Waals surface area contributed by atoms with Gasteiger partial charge in [-0.05, 0) is 32.6 Å². The first-order chi connectivity index (χ1) is 10.0. The van der Waals surface area contributed by atoms with Crippen LogP contribution in [0.2, 0.25) is 0 Å². The van der Waals surface area contributed by atoms with Crippen molar-refractivity contribution in [1.82, 2.24) is 10.3 Å². The van der Waals surface area contributed by atoms with E-state index in [9.17, 15) is 14.9 Å². The van der Waals surface area contributed by atoms with Crippen LogP contribution in [0.1, 0.15) is 49.9 Å². The van der Waals surface area contributed by atoms with Crippen LogP contribution in [-0.4, -0.2) is 27.9 Å². The zero-order chi connectivity index (χ0) is 15.5. The van der Waals surface area contributed by atoms with Crippen LogP contribution >= 0.6 is 0 Å². The summed E-state index contributed by atoms with van der Waals surface area (Å²) in [7, 11) is 0. The van der Waals surface area contributed by atoms with Crippen LogP contribution < -0.4 is 10.6 Å². The number of hydrogen-bond acceptors (Lipinski definition) is 5. The van der Waals surface area contributed by atoms with Gasteiger partial charge in [0.2, 0.25) is 0 Å². The Balaban J connectivity index is 2.28. The molecule has 1 aliphatic rings. The Labute approximate surface area is 123 Å². The molecule has 1 aliphatic carbocycles. The van der Waals surface area contributed by atoms with Crippen molar-refractivity contribution in [1.29, 1.82) is 0 Å². The molecule has 1 heterocycles. The number of rotatable bonds is 6. The quantitative estimate of drug-likeness (QED) is 0.620. The lowest BCUT2D eigenvalue weighted by atomic mass is 9.74. The Morgan fingerprint density at radius 2 is 2.19 bits per heavy atom. The van der Waals surface area contributed by atoms with E-state index in [4.69, 9.17) is 0 Å². The van der Waals surface area contributed by atoms with Crippen molar-refractivity contribution in [2.24, 2.45) is 0 Å². The Morgan fingerprint density at radius 3 is 2.67 bits per heavy atom. The van der Waals surface area contributed by atoms with E-state index in [-0.39, 0.29) is 16.8 Å². The standard InChI is InChI=1S/C14H20N4O3/c1-3-14(6-5-7-14)17-13(19)10-8-12(15-4-2)16-9-11(10)18(20)21/h8-9H,3-7H2,1-2H3,(H,15,16)(H,17,19). The second-order valence-corrected chi connectivity index (χ2v) is 5.32. The van der Waals surface area contributed by atoms with Crippen LogP contribution in [0.15, 0.2) is 12.3 Å². The number of carbonyl (C=O) groups excluding carboxylic acids is 1. The van der Waals surface area contributed by atoms with Crippen molar-refractivity contribution in [3.05, 3.63) is 27.9 Å². The molecule has 0 radical (unpaired) electrons. The van der Waals surface area contributed by atoms with Crippen LogP contribution in [0.3, 0.4) is 0 Å². The monoisotopic (exact) mass is 292 g/mol. The van der Waals surface area contributed by atoms with Gasteiger partial charge in [-0.3, -0.25) is 14.9 Å². The smallest absolute Gasteiger partial charge is 0.300 e. The summed E-state index contributed by atoms with van der Waals surface area (Å²) in [5.41, 5.74) is -0.405. The molecule has 2 N–H and O–H groups in total. The second-order valence-electron chi connectivity index (χ2n) is 5.32. The maximum Gasteiger partial charge on any atom is 0.300 e. The van der Waals surface area contributed by atoms with E-state index in [1.54, 1.807) is 0 Å². The Morgan fingerprint density at radius 1 is 1.48 bits per heavy atom. The van der Waals surface area contributed by atoms with Gasteiger partial charge in [-0.25, -0.2) is 4.98 Å². The van der Waals surface area contributed by atoms with E-state index in [1.807, 2.05) is 13.8 Å². The van der Waals surface area contributed by atoms with Gasteiger partial charge in [0.05, 0.1) is 4.92 Å². The highest BCUT2D eigenvalue weighted by molar-refractivity contribution is 5.99. The van der Waals surface area contributed by atoms with E-state index in [0.717, 1.165) is 31.9 Å². The molecular formula is C14H20N4O3. The lowest BCUT2D eigenvalue weighted by Crippen LogP contribution is -2.53. The number of amides is 1. The molecule has 0 spiro atoms. The van der Waals surface area contributed by atoms with Crippen LogP contribution in [0.4, 0.5) is 11.5 Å². The summed E-state index contributed by atoms with van der Waals surface area (Å²) in [6.45, 7) is 4.54. The molecule has 0 atom stereocenters. The molecule has 1 saturated carbocycles. The third-order valence-corrected chi connectivity index (χ3v) is 4.05. The van der Waals surface area contributed by atoms with E-state index < -0.39 is 10.8 Å². The molecule has 1 aromatic rings. The number of pyridine rings is 1. The van der Waals surface area contributed by atoms with Gasteiger partial charge in [0, 0.05) is 18.2 Å². The molecular weight excluding hydrogens is 272 g/mol. The SMILES string of the molecule is CCNc1cc(C(=O)NC2(CC)CCC2)c([N+](=O)[O-])cn1. The zero-order valence-electron chi connectivity index (χ0n) is 12.3. The fourth-order valence-electron chi connectivity index (χ4n) is 2.53. The van der Waals surface area contributed by atoms with Crippen molar-refractivity contribution in [2.75, 3.05) is 11.9 Å². The van der Waals surface area contributed by atoms with Gasteiger partial charge in [-0.1, -0.05) is 6.92 Å². The van der Waals surface area contributed by atoms with Gasteiger partial charge in [0.15, 0.2) is 0 Å². The number of anilines is 1. The topological polar surface area (TPSA) is 97.2 Å². The first-order valence-electron chi connectivity index (χ1n) is 7.22. The minimum absolute atomic E-state index is 0.0608. The number of nitro groups is 1. The van der Waals surface area contributed by atoms with Crippen molar-refractivity contribution in [3.8, 4) is 0 Å². The van der Waals surface area contributed by atoms with Gasteiger partial charge in [-0.15, -0.1) is 0 Å². The fraction of sp³-hybridized carbons (Fsp3) is 0.571. The molecule has 7 nitrogen and oxygen atoms in total. The highest BCUT2D eigenvalue weighted by Crippen LogP contribution is 2.35. The fourth-order valence-corrected chi connectivity index (χ4v) is 2.53. The predicted molar refractivity (Wildman–Crippen MR) is 79.4 cm³/mol. The van der Waals surface area contributed by atoms with Crippen LogP contribution in [0.25, 0.3) is 0 Å². The van der Waals surface area contributed by atoms with E-state index in [0.29, 0.717) is 12.4 Å². The third-order valence-electron chi connectivity index (χ3n) is 4.05. The van der Waals surface area contributed by atoms with Crippen LogP contribution in [0, 0.1) is 10.1 Å².